The monoisotopic (exact) mass is 575 g/mol. The van der Waals surface area contributed by atoms with Crippen molar-refractivity contribution in [3.8, 4) is 23.3 Å². The normalized spacial score (nSPS) is 18.2. The Bertz CT molecular complexity index is 1560. The van der Waals surface area contributed by atoms with Crippen LogP contribution in [0.2, 0.25) is 19.6 Å². The molecule has 0 spiro atoms. The first-order chi connectivity index (χ1) is 19.1. The van der Waals surface area contributed by atoms with Gasteiger partial charge < -0.3 is 9.64 Å². The van der Waals surface area contributed by atoms with E-state index in [1.165, 1.54) is 6.07 Å². The van der Waals surface area contributed by atoms with Gasteiger partial charge in [-0.1, -0.05) is 31.5 Å². The summed E-state index contributed by atoms with van der Waals surface area (Å²) in [5, 5.41) is 5.62. The molecule has 4 rings (SSSR count). The number of halogens is 2. The maximum Gasteiger partial charge on any atom is 0.410 e. The van der Waals surface area contributed by atoms with Crippen LogP contribution in [0.1, 0.15) is 64.1 Å². The quantitative estimate of drug-likeness (QED) is 0.239. The van der Waals surface area contributed by atoms with Gasteiger partial charge in [0.25, 0.3) is 0 Å². The SMILES string of the molecule is CC1(C#Cc2ccc3cn(C(CC#C[Si](C)(C)C)c4cc(F)ccc4F)nc3c2)CCCN(C(=O)OC(C)(C)C)C1. The van der Waals surface area contributed by atoms with Crippen molar-refractivity contribution in [2.24, 2.45) is 5.41 Å². The van der Waals surface area contributed by atoms with Gasteiger partial charge >= 0.3 is 6.09 Å². The van der Waals surface area contributed by atoms with Gasteiger partial charge in [0.15, 0.2) is 0 Å². The van der Waals surface area contributed by atoms with Crippen LogP contribution in [-0.2, 0) is 4.74 Å². The zero-order valence-corrected chi connectivity index (χ0v) is 26.1. The fourth-order valence-corrected chi connectivity index (χ4v) is 5.48. The molecule has 3 aromatic rings. The van der Waals surface area contributed by atoms with Crippen LogP contribution in [0.15, 0.2) is 42.6 Å². The molecular weight excluding hydrogens is 536 g/mol. The van der Waals surface area contributed by atoms with Crippen molar-refractivity contribution in [1.82, 2.24) is 14.7 Å². The third kappa shape index (κ3) is 8.21. The van der Waals surface area contributed by atoms with Crippen molar-refractivity contribution < 1.29 is 18.3 Å². The number of benzene rings is 2. The fraction of sp³-hybridized carbons (Fsp3) is 0.455. The average molecular weight is 576 g/mol. The van der Waals surface area contributed by atoms with Crippen molar-refractivity contribution in [3.63, 3.8) is 0 Å². The molecule has 0 bridgehead atoms. The highest BCUT2D eigenvalue weighted by Gasteiger charge is 2.34. The van der Waals surface area contributed by atoms with E-state index in [0.717, 1.165) is 35.9 Å². The second-order valence-corrected chi connectivity index (χ2v) is 17.9. The zero-order chi connectivity index (χ0) is 30.0. The standard InChI is InChI=1S/C33H39F2N3O2Si/c1-32(2,3)40-31(39)37-18-9-16-33(4,23-37)17-15-24-11-12-25-22-38(36-29(25)20-24)30(10-8-19-41(5,6)7)27-21-26(34)13-14-28(27)35/h11-14,20-22,30H,9-10,16,18,23H2,1-7H3. The van der Waals surface area contributed by atoms with Gasteiger partial charge in [-0.05, 0) is 76.9 Å². The number of hydrogen-bond acceptors (Lipinski definition) is 3. The Morgan fingerprint density at radius 2 is 1.93 bits per heavy atom. The number of nitrogens with zero attached hydrogens (tertiary/aromatic N) is 3. The highest BCUT2D eigenvalue weighted by molar-refractivity contribution is 6.83. The van der Waals surface area contributed by atoms with Crippen molar-refractivity contribution in [2.45, 2.75) is 78.2 Å². The molecule has 1 saturated heterocycles. The molecule has 2 unspecified atom stereocenters. The molecule has 0 aliphatic carbocycles. The van der Waals surface area contributed by atoms with Gasteiger partial charge in [-0.15, -0.1) is 11.5 Å². The molecule has 1 fully saturated rings. The smallest absolute Gasteiger partial charge is 0.410 e. The van der Waals surface area contributed by atoms with E-state index in [4.69, 9.17) is 9.84 Å². The number of aromatic nitrogens is 2. The maximum atomic E-state index is 14.9. The Kier molecular flexibility index (Phi) is 8.66. The van der Waals surface area contributed by atoms with E-state index in [-0.39, 0.29) is 17.1 Å². The van der Waals surface area contributed by atoms with Gasteiger partial charge in [-0.25, -0.2) is 13.6 Å². The molecule has 1 aromatic heterocycles. The number of piperidine rings is 1. The predicted octanol–water partition coefficient (Wildman–Crippen LogP) is 7.56. The topological polar surface area (TPSA) is 47.4 Å². The number of rotatable bonds is 3. The number of hydrogen-bond donors (Lipinski definition) is 0. The molecule has 0 N–H and O–H groups in total. The molecule has 216 valence electrons. The van der Waals surface area contributed by atoms with Gasteiger partial charge in [0.2, 0.25) is 0 Å². The molecule has 1 amide bonds. The lowest BCUT2D eigenvalue weighted by Crippen LogP contribution is -2.46. The highest BCUT2D eigenvalue weighted by Crippen LogP contribution is 2.31. The molecule has 2 heterocycles. The lowest BCUT2D eigenvalue weighted by atomic mass is 9.82. The number of carbonyl (C=O) groups excluding carboxylic acids is 1. The van der Waals surface area contributed by atoms with Gasteiger partial charge in [0, 0.05) is 47.6 Å². The molecule has 8 heteroatoms. The van der Waals surface area contributed by atoms with E-state index in [2.05, 4.69) is 49.9 Å². The van der Waals surface area contributed by atoms with E-state index in [9.17, 15) is 13.6 Å². The van der Waals surface area contributed by atoms with Crippen molar-refractivity contribution in [3.05, 3.63) is 65.4 Å². The Balaban J connectivity index is 1.61. The molecule has 1 aliphatic heterocycles. The molecule has 2 aromatic carbocycles. The van der Waals surface area contributed by atoms with Gasteiger partial charge in [-0.2, -0.15) is 5.10 Å². The van der Waals surface area contributed by atoms with E-state index < -0.39 is 31.4 Å². The van der Waals surface area contributed by atoms with E-state index in [0.29, 0.717) is 25.0 Å². The summed E-state index contributed by atoms with van der Waals surface area (Å²) in [6, 6.07) is 8.70. The lowest BCUT2D eigenvalue weighted by molar-refractivity contribution is 0.0129. The number of likely N-dealkylation sites (tertiary alicyclic amines) is 1. The average Bonchev–Trinajstić information content (AvgIpc) is 3.28. The van der Waals surface area contributed by atoms with Gasteiger partial charge in [0.05, 0.1) is 11.6 Å². The molecule has 1 aliphatic rings. The van der Waals surface area contributed by atoms with Crippen molar-refractivity contribution >= 4 is 25.1 Å². The summed E-state index contributed by atoms with van der Waals surface area (Å²) in [5.41, 5.74) is 4.14. The molecule has 41 heavy (non-hydrogen) atoms. The minimum Gasteiger partial charge on any atom is -0.444 e. The van der Waals surface area contributed by atoms with E-state index in [1.807, 2.05) is 45.2 Å². The van der Waals surface area contributed by atoms with E-state index >= 15 is 0 Å². The molecule has 2 atom stereocenters. The molecule has 0 radical (unpaired) electrons. The van der Waals surface area contributed by atoms with Crippen LogP contribution in [0.3, 0.4) is 0 Å². The third-order valence-electron chi connectivity index (χ3n) is 6.78. The first-order valence-electron chi connectivity index (χ1n) is 14.1. The third-order valence-corrected chi connectivity index (χ3v) is 7.70. The van der Waals surface area contributed by atoms with Crippen LogP contribution in [0.25, 0.3) is 10.9 Å². The summed E-state index contributed by atoms with van der Waals surface area (Å²) in [6.07, 6.45) is 3.59. The zero-order valence-electron chi connectivity index (χ0n) is 25.1. The largest absolute Gasteiger partial charge is 0.444 e. The summed E-state index contributed by atoms with van der Waals surface area (Å²) in [5.74, 6) is 8.91. The number of carbonyl (C=O) groups is 1. The molecular formula is C33H39F2N3O2Si. The van der Waals surface area contributed by atoms with Crippen LogP contribution in [0.4, 0.5) is 13.6 Å². The Morgan fingerprint density at radius 1 is 1.17 bits per heavy atom. The minimum atomic E-state index is -1.64. The second kappa shape index (κ2) is 11.7. The second-order valence-electron chi connectivity index (χ2n) is 13.1. The Morgan fingerprint density at radius 3 is 2.63 bits per heavy atom. The van der Waals surface area contributed by atoms with Crippen LogP contribution >= 0.6 is 0 Å². The Labute approximate surface area is 243 Å². The van der Waals surface area contributed by atoms with Crippen LogP contribution in [0, 0.1) is 40.4 Å². The maximum absolute atomic E-state index is 14.9. The predicted molar refractivity (Wildman–Crippen MR) is 162 cm³/mol. The fourth-order valence-electron chi connectivity index (χ4n) is 4.85. The van der Waals surface area contributed by atoms with Crippen LogP contribution in [0.5, 0.6) is 0 Å². The van der Waals surface area contributed by atoms with Gasteiger partial charge in [-0.3, -0.25) is 4.68 Å². The lowest BCUT2D eigenvalue weighted by Gasteiger charge is -2.37. The van der Waals surface area contributed by atoms with Crippen LogP contribution < -0.4 is 0 Å². The summed E-state index contributed by atoms with van der Waals surface area (Å²) in [6.45, 7) is 15.3. The minimum absolute atomic E-state index is 0.225. The van der Waals surface area contributed by atoms with Crippen molar-refractivity contribution in [2.75, 3.05) is 13.1 Å². The Hall–Kier alpha value is -3.62. The summed E-state index contributed by atoms with van der Waals surface area (Å²) < 4.78 is 36.2. The van der Waals surface area contributed by atoms with Gasteiger partial charge in [0.1, 0.15) is 25.3 Å². The molecule has 5 nitrogen and oxygen atoms in total. The highest BCUT2D eigenvalue weighted by atomic mass is 28.3. The number of amides is 1. The van der Waals surface area contributed by atoms with E-state index in [1.54, 1.807) is 9.58 Å². The summed E-state index contributed by atoms with van der Waals surface area (Å²) in [4.78, 5) is 14.4. The molecule has 0 saturated carbocycles. The first-order valence-corrected chi connectivity index (χ1v) is 17.6. The summed E-state index contributed by atoms with van der Waals surface area (Å²) >= 11 is 0. The van der Waals surface area contributed by atoms with Crippen molar-refractivity contribution in [1.29, 1.82) is 0 Å². The summed E-state index contributed by atoms with van der Waals surface area (Å²) in [7, 11) is -1.64. The van der Waals surface area contributed by atoms with Crippen LogP contribution in [-0.4, -0.2) is 47.5 Å². The number of fused-ring (bicyclic) bond motifs is 1. The first kappa shape index (κ1) is 30.3. The number of ether oxygens (including phenoxy) is 1.